The van der Waals surface area contributed by atoms with Crippen molar-refractivity contribution in [2.45, 2.75) is 90.4 Å². The minimum absolute atomic E-state index is 0.0697. The van der Waals surface area contributed by atoms with E-state index in [1.807, 2.05) is 0 Å². The number of likely N-dealkylation sites (N-methyl/N-ethyl adjacent to an activating group) is 1. The minimum Gasteiger partial charge on any atom is -0.466 e. The van der Waals surface area contributed by atoms with Crippen molar-refractivity contribution in [1.29, 1.82) is 0 Å². The molecule has 0 aliphatic carbocycles. The van der Waals surface area contributed by atoms with Gasteiger partial charge in [0.25, 0.3) is 0 Å². The van der Waals surface area contributed by atoms with E-state index in [4.69, 9.17) is 4.74 Å². The molecule has 1 fully saturated rings. The Labute approximate surface area is 168 Å². The van der Waals surface area contributed by atoms with E-state index < -0.39 is 0 Å². The van der Waals surface area contributed by atoms with Gasteiger partial charge in [-0.15, -0.1) is 0 Å². The van der Waals surface area contributed by atoms with Crippen LogP contribution in [0.1, 0.15) is 90.4 Å². The average molecular weight is 384 g/mol. The molecule has 0 aromatic heterocycles. The lowest BCUT2D eigenvalue weighted by molar-refractivity contribution is -0.143. The molecule has 0 unspecified atom stereocenters. The number of piperazine rings is 1. The van der Waals surface area contributed by atoms with Crippen molar-refractivity contribution in [1.82, 2.24) is 15.3 Å². The van der Waals surface area contributed by atoms with Gasteiger partial charge >= 0.3 is 5.97 Å². The Hall–Kier alpha value is -0.650. The van der Waals surface area contributed by atoms with E-state index in [1.54, 1.807) is 0 Å². The molecule has 0 spiro atoms. The van der Waals surface area contributed by atoms with Crippen molar-refractivity contribution in [3.8, 4) is 0 Å². The van der Waals surface area contributed by atoms with E-state index in [-0.39, 0.29) is 5.97 Å². The molecule has 1 heterocycles. The fourth-order valence-electron chi connectivity index (χ4n) is 3.48. The Kier molecular flexibility index (Phi) is 15.8. The fourth-order valence-corrected chi connectivity index (χ4v) is 3.48. The summed E-state index contributed by atoms with van der Waals surface area (Å²) in [5.74, 6) is -0.0697. The van der Waals surface area contributed by atoms with Gasteiger partial charge in [0.2, 0.25) is 0 Å². The van der Waals surface area contributed by atoms with Gasteiger partial charge in [0, 0.05) is 32.7 Å². The van der Waals surface area contributed by atoms with E-state index in [1.165, 1.54) is 70.6 Å². The van der Waals surface area contributed by atoms with Gasteiger partial charge in [0.05, 0.1) is 13.0 Å². The number of carbonyl (C=O) groups is 1. The van der Waals surface area contributed by atoms with Crippen molar-refractivity contribution < 1.29 is 9.53 Å². The minimum atomic E-state index is -0.0697. The molecule has 0 aromatic carbocycles. The van der Waals surface area contributed by atoms with Gasteiger partial charge in [0.1, 0.15) is 0 Å². The van der Waals surface area contributed by atoms with Crippen LogP contribution in [0.2, 0.25) is 0 Å². The largest absolute Gasteiger partial charge is 0.466 e. The second-order valence-electron chi connectivity index (χ2n) is 8.06. The first kappa shape index (κ1) is 24.4. The molecule has 0 saturated carbocycles. The van der Waals surface area contributed by atoms with Crippen LogP contribution in [0.5, 0.6) is 0 Å². The Balaban J connectivity index is 1.77. The van der Waals surface area contributed by atoms with Gasteiger partial charge in [-0.25, -0.2) is 5.01 Å². The number of nitrogens with zero attached hydrogens (tertiary/aromatic N) is 2. The number of hydrogen-bond donors (Lipinski definition) is 1. The summed E-state index contributed by atoms with van der Waals surface area (Å²) in [5.41, 5.74) is 3.33. The van der Waals surface area contributed by atoms with Crippen LogP contribution in [0.3, 0.4) is 0 Å². The lowest BCUT2D eigenvalue weighted by Crippen LogP contribution is -2.51. The lowest BCUT2D eigenvalue weighted by Gasteiger charge is -2.32. The third-order valence-electron chi connectivity index (χ3n) is 5.43. The molecule has 1 rings (SSSR count). The van der Waals surface area contributed by atoms with Gasteiger partial charge in [-0.3, -0.25) is 10.2 Å². The highest BCUT2D eigenvalue weighted by Crippen LogP contribution is 2.11. The van der Waals surface area contributed by atoms with Crippen molar-refractivity contribution >= 4 is 5.97 Å². The lowest BCUT2D eigenvalue weighted by atomic mass is 10.1. The molecular weight excluding hydrogens is 338 g/mol. The smallest absolute Gasteiger partial charge is 0.307 e. The maximum absolute atomic E-state index is 11.7. The summed E-state index contributed by atoms with van der Waals surface area (Å²) in [6.45, 7) is 7.74. The molecule has 5 nitrogen and oxygen atoms in total. The standard InChI is InChI=1S/C22H45N3O2/c1-3-4-5-6-7-8-9-10-11-12-13-14-21-27-22(26)15-16-23-25-19-17-24(2)18-20-25/h23H,3-21H2,1-2H3. The second kappa shape index (κ2) is 17.4. The topological polar surface area (TPSA) is 44.8 Å². The van der Waals surface area contributed by atoms with Crippen LogP contribution in [0.4, 0.5) is 0 Å². The molecule has 0 atom stereocenters. The van der Waals surface area contributed by atoms with Crippen LogP contribution in [-0.4, -0.2) is 62.3 Å². The molecule has 1 saturated heterocycles. The predicted octanol–water partition coefficient (Wildman–Crippen LogP) is 4.37. The van der Waals surface area contributed by atoms with Crippen molar-refractivity contribution in [2.75, 3.05) is 46.4 Å². The van der Waals surface area contributed by atoms with E-state index >= 15 is 0 Å². The third-order valence-corrected chi connectivity index (χ3v) is 5.43. The number of nitrogens with one attached hydrogen (secondary N) is 1. The van der Waals surface area contributed by atoms with Crippen LogP contribution in [0.25, 0.3) is 0 Å². The highest BCUT2D eigenvalue weighted by Gasteiger charge is 2.13. The number of rotatable bonds is 17. The fraction of sp³-hybridized carbons (Fsp3) is 0.955. The zero-order valence-corrected chi connectivity index (χ0v) is 18.1. The highest BCUT2D eigenvalue weighted by molar-refractivity contribution is 5.69. The van der Waals surface area contributed by atoms with Gasteiger partial charge in [0.15, 0.2) is 0 Å². The molecule has 0 radical (unpaired) electrons. The third kappa shape index (κ3) is 15.0. The Morgan fingerprint density at radius 3 is 1.89 bits per heavy atom. The normalized spacial score (nSPS) is 15.9. The van der Waals surface area contributed by atoms with Crippen molar-refractivity contribution in [3.05, 3.63) is 0 Å². The van der Waals surface area contributed by atoms with Gasteiger partial charge in [-0.1, -0.05) is 77.6 Å². The van der Waals surface area contributed by atoms with Crippen LogP contribution in [0.15, 0.2) is 0 Å². The summed E-state index contributed by atoms with van der Waals surface area (Å²) in [5, 5.41) is 2.21. The maximum Gasteiger partial charge on any atom is 0.307 e. The van der Waals surface area contributed by atoms with Crippen molar-refractivity contribution in [2.24, 2.45) is 0 Å². The summed E-state index contributed by atoms with van der Waals surface area (Å²) >= 11 is 0. The number of hydrazine groups is 1. The molecule has 0 aromatic rings. The Morgan fingerprint density at radius 1 is 0.815 bits per heavy atom. The number of unbranched alkanes of at least 4 members (excludes halogenated alkanes) is 11. The second-order valence-corrected chi connectivity index (χ2v) is 8.06. The summed E-state index contributed by atoms with van der Waals surface area (Å²) in [6, 6.07) is 0. The highest BCUT2D eigenvalue weighted by atomic mass is 16.5. The molecule has 1 aliphatic rings. The predicted molar refractivity (Wildman–Crippen MR) is 114 cm³/mol. The molecule has 160 valence electrons. The molecule has 0 bridgehead atoms. The van der Waals surface area contributed by atoms with Gasteiger partial charge in [-0.05, 0) is 13.5 Å². The first-order valence-electron chi connectivity index (χ1n) is 11.5. The van der Waals surface area contributed by atoms with Crippen molar-refractivity contribution in [3.63, 3.8) is 0 Å². The number of ether oxygens (including phenoxy) is 1. The van der Waals surface area contributed by atoms with Gasteiger partial charge in [-0.2, -0.15) is 0 Å². The van der Waals surface area contributed by atoms with E-state index in [2.05, 4.69) is 29.3 Å². The SMILES string of the molecule is CCCCCCCCCCCCCCOC(=O)CCNN1CCN(C)CC1. The summed E-state index contributed by atoms with van der Waals surface area (Å²) < 4.78 is 5.33. The number of esters is 1. The summed E-state index contributed by atoms with van der Waals surface area (Å²) in [4.78, 5) is 14.1. The quantitative estimate of drug-likeness (QED) is 0.298. The molecule has 1 N–H and O–H groups in total. The first-order valence-corrected chi connectivity index (χ1v) is 11.5. The van der Waals surface area contributed by atoms with Crippen LogP contribution < -0.4 is 5.43 Å². The average Bonchev–Trinajstić information content (AvgIpc) is 2.67. The maximum atomic E-state index is 11.7. The van der Waals surface area contributed by atoms with Crippen LogP contribution >= 0.6 is 0 Å². The molecule has 5 heteroatoms. The van der Waals surface area contributed by atoms with Crippen LogP contribution in [-0.2, 0) is 9.53 Å². The van der Waals surface area contributed by atoms with E-state index in [9.17, 15) is 4.79 Å². The monoisotopic (exact) mass is 383 g/mol. The van der Waals surface area contributed by atoms with Crippen LogP contribution in [0, 0.1) is 0 Å². The molecule has 0 amide bonds. The zero-order chi connectivity index (χ0) is 19.6. The molecular formula is C22H45N3O2. The molecule has 1 aliphatic heterocycles. The number of carbonyl (C=O) groups excluding carboxylic acids is 1. The van der Waals surface area contributed by atoms with Gasteiger partial charge < -0.3 is 9.64 Å². The summed E-state index contributed by atoms with van der Waals surface area (Å²) in [6.07, 6.45) is 16.4. The molecule has 27 heavy (non-hydrogen) atoms. The Bertz CT molecular complexity index is 344. The summed E-state index contributed by atoms with van der Waals surface area (Å²) in [7, 11) is 2.14. The zero-order valence-electron chi connectivity index (χ0n) is 18.1. The Morgan fingerprint density at radius 2 is 1.33 bits per heavy atom. The number of hydrogen-bond acceptors (Lipinski definition) is 5. The van der Waals surface area contributed by atoms with E-state index in [0.29, 0.717) is 19.6 Å². The van der Waals surface area contributed by atoms with E-state index in [0.717, 1.165) is 32.6 Å². The first-order chi connectivity index (χ1) is 13.2.